The van der Waals surface area contributed by atoms with Crippen LogP contribution in [-0.4, -0.2) is 0 Å². The number of rotatable bonds is 2. The number of hydrogen-bond donors (Lipinski definition) is 0. The molecule has 0 spiro atoms. The lowest BCUT2D eigenvalue weighted by atomic mass is 9.83. The highest BCUT2D eigenvalue weighted by molar-refractivity contribution is 5.61. The van der Waals surface area contributed by atoms with Gasteiger partial charge in [0.1, 0.15) is 7.05 Å². The van der Waals surface area contributed by atoms with E-state index in [1.54, 1.807) is 5.56 Å². The first-order valence-corrected chi connectivity index (χ1v) is 7.81. The monoisotopic (exact) mass is 266 g/mol. The largest absolute Gasteiger partial charge is 0.212 e. The molecule has 0 saturated heterocycles. The summed E-state index contributed by atoms with van der Waals surface area (Å²) in [5.74, 6) is 0.793. The van der Waals surface area contributed by atoms with Crippen LogP contribution in [0, 0.1) is 6.92 Å². The second-order valence-corrected chi connectivity index (χ2v) is 6.11. The average molecular weight is 266 g/mol. The van der Waals surface area contributed by atoms with Crippen molar-refractivity contribution < 1.29 is 4.57 Å². The molecule has 1 fully saturated rings. The number of aromatic nitrogens is 1. The van der Waals surface area contributed by atoms with E-state index in [0.29, 0.717) is 0 Å². The summed E-state index contributed by atoms with van der Waals surface area (Å²) in [6, 6.07) is 13.5. The quantitative estimate of drug-likeness (QED) is 0.703. The number of aryl methyl sites for hydroxylation is 2. The standard InChI is InChI=1S/C19H24N/c1-15-14-17(16-8-4-3-5-9-16)11-12-18(15)19-10-6-7-13-20(19)2/h6-7,10-14,16H,3-5,8-9H2,1-2H3/q+1. The van der Waals surface area contributed by atoms with Crippen LogP contribution in [0.4, 0.5) is 0 Å². The van der Waals surface area contributed by atoms with E-state index in [1.165, 1.54) is 48.9 Å². The molecule has 0 amide bonds. The van der Waals surface area contributed by atoms with Crippen molar-refractivity contribution in [1.82, 2.24) is 0 Å². The fourth-order valence-corrected chi connectivity index (χ4v) is 3.47. The van der Waals surface area contributed by atoms with Crippen molar-refractivity contribution in [2.45, 2.75) is 44.9 Å². The number of pyridine rings is 1. The SMILES string of the molecule is Cc1cc(C2CCCCC2)ccc1-c1cccc[n+]1C. The van der Waals surface area contributed by atoms with Crippen molar-refractivity contribution in [3.8, 4) is 11.3 Å². The molecule has 0 bridgehead atoms. The van der Waals surface area contributed by atoms with Crippen LogP contribution >= 0.6 is 0 Å². The van der Waals surface area contributed by atoms with Gasteiger partial charge in [-0.3, -0.25) is 0 Å². The molecule has 1 nitrogen and oxygen atoms in total. The summed E-state index contributed by atoms with van der Waals surface area (Å²) in [6.07, 6.45) is 9.09. The number of nitrogens with zero attached hydrogens (tertiary/aromatic N) is 1. The van der Waals surface area contributed by atoms with Gasteiger partial charge < -0.3 is 0 Å². The van der Waals surface area contributed by atoms with Crippen LogP contribution in [0.1, 0.15) is 49.1 Å². The highest BCUT2D eigenvalue weighted by atomic mass is 14.9. The van der Waals surface area contributed by atoms with E-state index in [9.17, 15) is 0 Å². The number of benzene rings is 1. The van der Waals surface area contributed by atoms with E-state index in [0.717, 1.165) is 5.92 Å². The van der Waals surface area contributed by atoms with E-state index < -0.39 is 0 Å². The summed E-state index contributed by atoms with van der Waals surface area (Å²) in [5, 5.41) is 0. The minimum atomic E-state index is 0.793. The van der Waals surface area contributed by atoms with Gasteiger partial charge in [-0.1, -0.05) is 31.4 Å². The molecule has 0 radical (unpaired) electrons. The second-order valence-electron chi connectivity index (χ2n) is 6.11. The van der Waals surface area contributed by atoms with Crippen LogP contribution in [0.5, 0.6) is 0 Å². The summed E-state index contributed by atoms with van der Waals surface area (Å²) >= 11 is 0. The van der Waals surface area contributed by atoms with E-state index in [2.05, 4.69) is 61.1 Å². The van der Waals surface area contributed by atoms with E-state index >= 15 is 0 Å². The first-order chi connectivity index (χ1) is 9.75. The fraction of sp³-hybridized carbons (Fsp3) is 0.421. The molecule has 2 aromatic rings. The molecule has 1 aliphatic rings. The second kappa shape index (κ2) is 5.78. The topological polar surface area (TPSA) is 3.88 Å². The predicted octanol–water partition coefficient (Wildman–Crippen LogP) is 4.53. The van der Waals surface area contributed by atoms with Crippen molar-refractivity contribution in [3.05, 3.63) is 53.7 Å². The highest BCUT2D eigenvalue weighted by Gasteiger charge is 2.17. The van der Waals surface area contributed by atoms with Crippen molar-refractivity contribution >= 4 is 0 Å². The van der Waals surface area contributed by atoms with Gasteiger partial charge in [-0.25, -0.2) is 4.57 Å². The molecule has 3 rings (SSSR count). The smallest absolute Gasteiger partial charge is 0.201 e. The molecule has 20 heavy (non-hydrogen) atoms. The average Bonchev–Trinajstić information content (AvgIpc) is 2.49. The lowest BCUT2D eigenvalue weighted by molar-refractivity contribution is -0.660. The molecule has 0 atom stereocenters. The van der Waals surface area contributed by atoms with Crippen molar-refractivity contribution in [2.24, 2.45) is 7.05 Å². The Morgan fingerprint density at radius 1 is 1.00 bits per heavy atom. The Hall–Kier alpha value is -1.63. The van der Waals surface area contributed by atoms with Crippen LogP contribution in [-0.2, 0) is 7.05 Å². The summed E-state index contributed by atoms with van der Waals surface area (Å²) in [4.78, 5) is 0. The van der Waals surface area contributed by atoms with Crippen molar-refractivity contribution in [1.29, 1.82) is 0 Å². The predicted molar refractivity (Wildman–Crippen MR) is 83.6 cm³/mol. The first kappa shape index (κ1) is 13.4. The summed E-state index contributed by atoms with van der Waals surface area (Å²) in [5.41, 5.74) is 5.59. The molecule has 0 unspecified atom stereocenters. The van der Waals surface area contributed by atoms with Gasteiger partial charge >= 0.3 is 0 Å². The van der Waals surface area contributed by atoms with Crippen LogP contribution < -0.4 is 4.57 Å². The summed E-state index contributed by atoms with van der Waals surface area (Å²) < 4.78 is 2.20. The molecule has 104 valence electrons. The minimum absolute atomic E-state index is 0.793. The fourth-order valence-electron chi connectivity index (χ4n) is 3.47. The van der Waals surface area contributed by atoms with Gasteiger partial charge in [-0.15, -0.1) is 0 Å². The third kappa shape index (κ3) is 2.63. The first-order valence-electron chi connectivity index (χ1n) is 7.81. The van der Waals surface area contributed by atoms with Crippen molar-refractivity contribution in [2.75, 3.05) is 0 Å². The minimum Gasteiger partial charge on any atom is -0.201 e. The Labute approximate surface area is 122 Å². The van der Waals surface area contributed by atoms with Gasteiger partial charge in [0.2, 0.25) is 5.69 Å². The van der Waals surface area contributed by atoms with E-state index in [4.69, 9.17) is 0 Å². The third-order valence-corrected chi connectivity index (χ3v) is 4.66. The Morgan fingerprint density at radius 3 is 2.50 bits per heavy atom. The normalized spacial score (nSPS) is 16.3. The Morgan fingerprint density at radius 2 is 1.80 bits per heavy atom. The Kier molecular flexibility index (Phi) is 3.86. The number of hydrogen-bond acceptors (Lipinski definition) is 0. The van der Waals surface area contributed by atoms with Gasteiger partial charge in [0, 0.05) is 17.7 Å². The maximum absolute atomic E-state index is 2.42. The van der Waals surface area contributed by atoms with Crippen LogP contribution in [0.2, 0.25) is 0 Å². The zero-order chi connectivity index (χ0) is 13.9. The molecule has 1 aromatic heterocycles. The Bertz CT molecular complexity index is 594. The molecular weight excluding hydrogens is 242 g/mol. The molecule has 0 N–H and O–H groups in total. The molecule has 1 saturated carbocycles. The van der Waals surface area contributed by atoms with Crippen molar-refractivity contribution in [3.63, 3.8) is 0 Å². The Balaban J connectivity index is 1.93. The molecule has 1 heterocycles. The van der Waals surface area contributed by atoms with E-state index in [-0.39, 0.29) is 0 Å². The van der Waals surface area contributed by atoms with Crippen LogP contribution in [0.15, 0.2) is 42.6 Å². The van der Waals surface area contributed by atoms with Gasteiger partial charge in [0.25, 0.3) is 0 Å². The van der Waals surface area contributed by atoms with E-state index in [1.807, 2.05) is 0 Å². The lowest BCUT2D eigenvalue weighted by Gasteiger charge is -2.22. The zero-order valence-electron chi connectivity index (χ0n) is 12.6. The zero-order valence-corrected chi connectivity index (χ0v) is 12.6. The molecular formula is C19H24N+. The lowest BCUT2D eigenvalue weighted by Crippen LogP contribution is -2.30. The van der Waals surface area contributed by atoms with Gasteiger partial charge in [-0.2, -0.15) is 0 Å². The molecule has 1 aliphatic carbocycles. The summed E-state index contributed by atoms with van der Waals surface area (Å²) in [6.45, 7) is 2.24. The van der Waals surface area contributed by atoms with Gasteiger partial charge in [-0.05, 0) is 48.9 Å². The maximum atomic E-state index is 2.42. The molecule has 1 aromatic carbocycles. The van der Waals surface area contributed by atoms with Gasteiger partial charge in [0.05, 0.1) is 0 Å². The summed E-state index contributed by atoms with van der Waals surface area (Å²) in [7, 11) is 2.11. The maximum Gasteiger partial charge on any atom is 0.212 e. The van der Waals surface area contributed by atoms with Gasteiger partial charge in [0.15, 0.2) is 6.20 Å². The third-order valence-electron chi connectivity index (χ3n) is 4.66. The molecule has 1 heteroatoms. The highest BCUT2D eigenvalue weighted by Crippen LogP contribution is 2.34. The van der Waals surface area contributed by atoms with Crippen LogP contribution in [0.3, 0.4) is 0 Å². The van der Waals surface area contributed by atoms with Crippen LogP contribution in [0.25, 0.3) is 11.3 Å². The molecule has 0 aliphatic heterocycles.